The summed E-state index contributed by atoms with van der Waals surface area (Å²) in [6.45, 7) is 6.07. The van der Waals surface area contributed by atoms with Gasteiger partial charge in [0.15, 0.2) is 0 Å². The van der Waals surface area contributed by atoms with Crippen molar-refractivity contribution in [3.63, 3.8) is 0 Å². The molecule has 0 aliphatic carbocycles. The predicted molar refractivity (Wildman–Crippen MR) is 69.2 cm³/mol. The Morgan fingerprint density at radius 1 is 1.29 bits per heavy atom. The number of aromatic amines is 1. The monoisotopic (exact) mass is 231 g/mol. The molecule has 2 aromatic rings. The van der Waals surface area contributed by atoms with Crippen molar-refractivity contribution in [2.24, 2.45) is 0 Å². The molecule has 17 heavy (non-hydrogen) atoms. The molecule has 1 aromatic heterocycles. The van der Waals surface area contributed by atoms with E-state index in [0.717, 1.165) is 29.9 Å². The van der Waals surface area contributed by atoms with Crippen molar-refractivity contribution in [2.75, 3.05) is 18.0 Å². The highest BCUT2D eigenvalue weighted by molar-refractivity contribution is 5.72. The van der Waals surface area contributed by atoms with Crippen molar-refractivity contribution in [3.05, 3.63) is 30.6 Å². The first-order chi connectivity index (χ1) is 8.26. The van der Waals surface area contributed by atoms with Crippen molar-refractivity contribution in [2.45, 2.75) is 13.8 Å². The van der Waals surface area contributed by atoms with Crippen LogP contribution in [0.25, 0.3) is 11.1 Å². The lowest BCUT2D eigenvalue weighted by atomic mass is 10.1. The number of H-pyrrole nitrogens is 1. The van der Waals surface area contributed by atoms with Gasteiger partial charge in [-0.3, -0.25) is 5.10 Å². The number of anilines is 1. The largest absolute Gasteiger partial charge is 0.507 e. The molecule has 0 radical (unpaired) electrons. The minimum absolute atomic E-state index is 0.288. The fourth-order valence-electron chi connectivity index (χ4n) is 1.95. The summed E-state index contributed by atoms with van der Waals surface area (Å²) in [5.41, 5.74) is 2.74. The van der Waals surface area contributed by atoms with Crippen molar-refractivity contribution in [3.8, 4) is 16.9 Å². The molecule has 0 amide bonds. The summed E-state index contributed by atoms with van der Waals surface area (Å²) in [5, 5.41) is 16.7. The van der Waals surface area contributed by atoms with Crippen LogP contribution < -0.4 is 4.90 Å². The number of nitrogens with zero attached hydrogens (tertiary/aromatic N) is 2. The molecule has 1 heterocycles. The van der Waals surface area contributed by atoms with Gasteiger partial charge in [-0.25, -0.2) is 0 Å². The van der Waals surface area contributed by atoms with Crippen LogP contribution in [0.2, 0.25) is 0 Å². The summed E-state index contributed by atoms with van der Waals surface area (Å²) in [6, 6.07) is 5.75. The number of benzene rings is 1. The fourth-order valence-corrected chi connectivity index (χ4v) is 1.95. The van der Waals surface area contributed by atoms with E-state index in [9.17, 15) is 5.11 Å². The highest BCUT2D eigenvalue weighted by atomic mass is 16.3. The molecule has 0 bridgehead atoms. The zero-order valence-electron chi connectivity index (χ0n) is 10.1. The summed E-state index contributed by atoms with van der Waals surface area (Å²) in [7, 11) is 0. The maximum Gasteiger partial charge on any atom is 0.125 e. The summed E-state index contributed by atoms with van der Waals surface area (Å²) < 4.78 is 0. The van der Waals surface area contributed by atoms with Gasteiger partial charge in [0.2, 0.25) is 0 Å². The number of aromatic nitrogens is 2. The Morgan fingerprint density at radius 2 is 2.06 bits per heavy atom. The number of nitrogens with one attached hydrogen (secondary N) is 1. The van der Waals surface area contributed by atoms with Gasteiger partial charge in [-0.1, -0.05) is 0 Å². The molecule has 0 fully saturated rings. The van der Waals surface area contributed by atoms with E-state index in [1.54, 1.807) is 18.5 Å². The number of aromatic hydroxyl groups is 1. The second kappa shape index (κ2) is 4.91. The van der Waals surface area contributed by atoms with E-state index < -0.39 is 0 Å². The molecule has 0 saturated heterocycles. The number of hydrogen-bond donors (Lipinski definition) is 2. The maximum absolute atomic E-state index is 10.0. The first kappa shape index (κ1) is 11.5. The fraction of sp³-hybridized carbons (Fsp3) is 0.308. The average Bonchev–Trinajstić information content (AvgIpc) is 2.84. The lowest BCUT2D eigenvalue weighted by Gasteiger charge is -2.21. The number of rotatable bonds is 4. The molecule has 0 spiro atoms. The molecule has 2 rings (SSSR count). The van der Waals surface area contributed by atoms with Crippen molar-refractivity contribution in [1.29, 1.82) is 0 Å². The highest BCUT2D eigenvalue weighted by Gasteiger charge is 2.08. The van der Waals surface area contributed by atoms with Gasteiger partial charge < -0.3 is 10.0 Å². The van der Waals surface area contributed by atoms with Crippen LogP contribution in [-0.4, -0.2) is 28.4 Å². The number of phenolic OH excluding ortho intramolecular Hbond substituents is 1. The molecule has 0 unspecified atom stereocenters. The molecular weight excluding hydrogens is 214 g/mol. The van der Waals surface area contributed by atoms with Crippen LogP contribution >= 0.6 is 0 Å². The predicted octanol–water partition coefficient (Wildman–Crippen LogP) is 2.63. The Morgan fingerprint density at radius 3 is 2.59 bits per heavy atom. The molecular formula is C13H17N3O. The third kappa shape index (κ3) is 2.25. The molecule has 90 valence electrons. The molecule has 4 heteroatoms. The third-order valence-corrected chi connectivity index (χ3v) is 2.92. The topological polar surface area (TPSA) is 52.2 Å². The average molecular weight is 231 g/mol. The van der Waals surface area contributed by atoms with Crippen LogP contribution in [-0.2, 0) is 0 Å². The normalized spacial score (nSPS) is 10.5. The van der Waals surface area contributed by atoms with Crippen LogP contribution in [0.1, 0.15) is 13.8 Å². The Labute approximate surface area is 101 Å². The highest BCUT2D eigenvalue weighted by Crippen LogP contribution is 2.32. The smallest absolute Gasteiger partial charge is 0.125 e. The lowest BCUT2D eigenvalue weighted by molar-refractivity contribution is 0.477. The summed E-state index contributed by atoms with van der Waals surface area (Å²) in [4.78, 5) is 2.19. The van der Waals surface area contributed by atoms with Gasteiger partial charge in [0.25, 0.3) is 0 Å². The summed E-state index contributed by atoms with van der Waals surface area (Å²) >= 11 is 0. The van der Waals surface area contributed by atoms with Crippen LogP contribution in [0.5, 0.6) is 5.75 Å². The van der Waals surface area contributed by atoms with Gasteiger partial charge in [-0.2, -0.15) is 5.10 Å². The van der Waals surface area contributed by atoms with E-state index in [2.05, 4.69) is 28.9 Å². The van der Waals surface area contributed by atoms with Crippen LogP contribution in [0.4, 0.5) is 5.69 Å². The quantitative estimate of drug-likeness (QED) is 0.850. The van der Waals surface area contributed by atoms with E-state index in [-0.39, 0.29) is 5.75 Å². The van der Waals surface area contributed by atoms with E-state index >= 15 is 0 Å². The van der Waals surface area contributed by atoms with Crippen LogP contribution in [0, 0.1) is 0 Å². The van der Waals surface area contributed by atoms with Gasteiger partial charge >= 0.3 is 0 Å². The van der Waals surface area contributed by atoms with E-state index in [0.29, 0.717) is 0 Å². The van der Waals surface area contributed by atoms with Crippen molar-refractivity contribution < 1.29 is 5.11 Å². The standard InChI is InChI=1S/C13H17N3O/c1-3-16(4-2)11-5-6-12(13(17)7-11)10-8-14-15-9-10/h5-9,17H,3-4H2,1-2H3,(H,14,15). The van der Waals surface area contributed by atoms with Crippen molar-refractivity contribution in [1.82, 2.24) is 10.2 Å². The molecule has 0 aliphatic rings. The molecule has 4 nitrogen and oxygen atoms in total. The van der Waals surface area contributed by atoms with Gasteiger partial charge in [0.05, 0.1) is 6.20 Å². The number of phenols is 1. The first-order valence-corrected chi connectivity index (χ1v) is 5.83. The summed E-state index contributed by atoms with van der Waals surface area (Å²) in [6.07, 6.45) is 3.47. The Hall–Kier alpha value is -1.97. The van der Waals surface area contributed by atoms with Gasteiger partial charge in [0.1, 0.15) is 5.75 Å². The minimum Gasteiger partial charge on any atom is -0.507 e. The second-order valence-corrected chi connectivity index (χ2v) is 3.86. The zero-order chi connectivity index (χ0) is 12.3. The van der Waals surface area contributed by atoms with Gasteiger partial charge in [-0.05, 0) is 26.0 Å². The lowest BCUT2D eigenvalue weighted by Crippen LogP contribution is -2.21. The molecule has 0 saturated carbocycles. The summed E-state index contributed by atoms with van der Waals surface area (Å²) in [5.74, 6) is 0.288. The first-order valence-electron chi connectivity index (χ1n) is 5.83. The second-order valence-electron chi connectivity index (χ2n) is 3.86. The molecule has 2 N–H and O–H groups in total. The maximum atomic E-state index is 10.0. The Bertz CT molecular complexity index is 475. The molecule has 1 aromatic carbocycles. The van der Waals surface area contributed by atoms with Gasteiger partial charge in [0, 0.05) is 42.2 Å². The number of hydrogen-bond acceptors (Lipinski definition) is 3. The molecule has 0 aliphatic heterocycles. The van der Waals surface area contributed by atoms with E-state index in [1.807, 2.05) is 12.1 Å². The van der Waals surface area contributed by atoms with E-state index in [1.165, 1.54) is 0 Å². The third-order valence-electron chi connectivity index (χ3n) is 2.92. The zero-order valence-corrected chi connectivity index (χ0v) is 10.1. The minimum atomic E-state index is 0.288. The SMILES string of the molecule is CCN(CC)c1ccc(-c2cn[nH]c2)c(O)c1. The van der Waals surface area contributed by atoms with Crippen molar-refractivity contribution >= 4 is 5.69 Å². The van der Waals surface area contributed by atoms with Gasteiger partial charge in [-0.15, -0.1) is 0 Å². The Balaban J connectivity index is 2.35. The van der Waals surface area contributed by atoms with Crippen LogP contribution in [0.3, 0.4) is 0 Å². The van der Waals surface area contributed by atoms with Crippen LogP contribution in [0.15, 0.2) is 30.6 Å². The Kier molecular flexibility index (Phi) is 3.32. The molecule has 0 atom stereocenters. The van der Waals surface area contributed by atoms with E-state index in [4.69, 9.17) is 0 Å².